The van der Waals surface area contributed by atoms with Gasteiger partial charge in [-0.05, 0) is 36.6 Å². The molecule has 2 aromatic carbocycles. The summed E-state index contributed by atoms with van der Waals surface area (Å²) < 4.78 is 5.80. The van der Waals surface area contributed by atoms with Gasteiger partial charge >= 0.3 is 0 Å². The normalized spacial score (nSPS) is 10.3. The SMILES string of the molecule is CCCc1ccc(OCc2ccccc2)c(C(C)=O)c1. The van der Waals surface area contributed by atoms with Gasteiger partial charge in [0, 0.05) is 0 Å². The molecule has 0 radical (unpaired) electrons. The molecule has 2 nitrogen and oxygen atoms in total. The van der Waals surface area contributed by atoms with Crippen molar-refractivity contribution in [1.82, 2.24) is 0 Å². The molecule has 0 saturated heterocycles. The van der Waals surface area contributed by atoms with E-state index in [1.54, 1.807) is 6.92 Å². The minimum Gasteiger partial charge on any atom is -0.488 e. The molecular weight excluding hydrogens is 248 g/mol. The van der Waals surface area contributed by atoms with Crippen LogP contribution in [0.15, 0.2) is 48.5 Å². The van der Waals surface area contributed by atoms with Crippen molar-refractivity contribution in [2.24, 2.45) is 0 Å². The van der Waals surface area contributed by atoms with Gasteiger partial charge in [-0.2, -0.15) is 0 Å². The second kappa shape index (κ2) is 6.90. The van der Waals surface area contributed by atoms with E-state index in [2.05, 4.69) is 6.92 Å². The molecule has 2 aromatic rings. The molecule has 104 valence electrons. The van der Waals surface area contributed by atoms with Crippen LogP contribution < -0.4 is 4.74 Å². The van der Waals surface area contributed by atoms with Crippen LogP contribution in [-0.2, 0) is 13.0 Å². The first kappa shape index (κ1) is 14.3. The van der Waals surface area contributed by atoms with Crippen LogP contribution in [0.3, 0.4) is 0 Å². The Morgan fingerprint density at radius 1 is 1.05 bits per heavy atom. The molecule has 0 aliphatic carbocycles. The smallest absolute Gasteiger partial charge is 0.163 e. The van der Waals surface area contributed by atoms with Gasteiger partial charge < -0.3 is 4.74 Å². The molecule has 0 heterocycles. The van der Waals surface area contributed by atoms with E-state index in [-0.39, 0.29) is 5.78 Å². The lowest BCUT2D eigenvalue weighted by Crippen LogP contribution is -2.02. The Morgan fingerprint density at radius 2 is 1.80 bits per heavy atom. The Hall–Kier alpha value is -2.09. The Bertz CT molecular complexity index is 573. The highest BCUT2D eigenvalue weighted by molar-refractivity contribution is 5.97. The van der Waals surface area contributed by atoms with Gasteiger partial charge in [0.25, 0.3) is 0 Å². The van der Waals surface area contributed by atoms with Crippen molar-refractivity contribution in [3.05, 3.63) is 65.2 Å². The van der Waals surface area contributed by atoms with E-state index in [4.69, 9.17) is 4.74 Å². The maximum atomic E-state index is 11.8. The van der Waals surface area contributed by atoms with E-state index in [1.165, 1.54) is 5.56 Å². The lowest BCUT2D eigenvalue weighted by atomic mass is 10.0. The third-order valence-electron chi connectivity index (χ3n) is 3.20. The molecule has 0 aliphatic rings. The molecule has 0 spiro atoms. The summed E-state index contributed by atoms with van der Waals surface area (Å²) in [5.74, 6) is 0.715. The number of carbonyl (C=O) groups is 1. The third kappa shape index (κ3) is 3.70. The van der Waals surface area contributed by atoms with Crippen LogP contribution >= 0.6 is 0 Å². The molecule has 0 saturated carbocycles. The van der Waals surface area contributed by atoms with Crippen molar-refractivity contribution in [2.45, 2.75) is 33.3 Å². The monoisotopic (exact) mass is 268 g/mol. The van der Waals surface area contributed by atoms with Gasteiger partial charge in [0.1, 0.15) is 12.4 Å². The second-order valence-electron chi connectivity index (χ2n) is 4.91. The highest BCUT2D eigenvalue weighted by Crippen LogP contribution is 2.22. The average molecular weight is 268 g/mol. The van der Waals surface area contributed by atoms with Crippen LogP contribution in [0.4, 0.5) is 0 Å². The highest BCUT2D eigenvalue weighted by Gasteiger charge is 2.09. The first-order valence-corrected chi connectivity index (χ1v) is 7.01. The summed E-state index contributed by atoms with van der Waals surface area (Å²) in [6.45, 7) is 4.20. The number of aryl methyl sites for hydroxylation is 1. The number of ketones is 1. The third-order valence-corrected chi connectivity index (χ3v) is 3.20. The first-order valence-electron chi connectivity index (χ1n) is 7.01. The molecule has 0 aromatic heterocycles. The standard InChI is InChI=1S/C18H20O2/c1-3-7-15-10-11-18(17(12-15)14(2)19)20-13-16-8-5-4-6-9-16/h4-6,8-12H,3,7,13H2,1-2H3. The van der Waals surface area contributed by atoms with Crippen molar-refractivity contribution in [3.63, 3.8) is 0 Å². The fourth-order valence-electron chi connectivity index (χ4n) is 2.16. The maximum absolute atomic E-state index is 11.8. The average Bonchev–Trinajstić information content (AvgIpc) is 2.47. The first-order chi connectivity index (χ1) is 9.70. The molecule has 0 bridgehead atoms. The number of benzene rings is 2. The van der Waals surface area contributed by atoms with Gasteiger partial charge in [0.05, 0.1) is 5.56 Å². The molecule has 2 rings (SSSR count). The fraction of sp³-hybridized carbons (Fsp3) is 0.278. The number of hydrogen-bond acceptors (Lipinski definition) is 2. The summed E-state index contributed by atoms with van der Waals surface area (Å²) in [5, 5.41) is 0. The predicted octanol–water partition coefficient (Wildman–Crippen LogP) is 4.42. The summed E-state index contributed by atoms with van der Waals surface area (Å²) in [4.78, 5) is 11.8. The van der Waals surface area contributed by atoms with Gasteiger partial charge in [-0.25, -0.2) is 0 Å². The largest absolute Gasteiger partial charge is 0.488 e. The Morgan fingerprint density at radius 3 is 2.45 bits per heavy atom. The van der Waals surface area contributed by atoms with Crippen LogP contribution in [0, 0.1) is 0 Å². The molecule has 20 heavy (non-hydrogen) atoms. The van der Waals surface area contributed by atoms with Gasteiger partial charge in [0.2, 0.25) is 0 Å². The van der Waals surface area contributed by atoms with Crippen LogP contribution in [0.25, 0.3) is 0 Å². The van der Waals surface area contributed by atoms with Crippen LogP contribution in [-0.4, -0.2) is 5.78 Å². The van der Waals surface area contributed by atoms with Crippen molar-refractivity contribution in [1.29, 1.82) is 0 Å². The summed E-state index contributed by atoms with van der Waals surface area (Å²) >= 11 is 0. The lowest BCUT2D eigenvalue weighted by Gasteiger charge is -2.11. The van der Waals surface area contributed by atoms with Gasteiger partial charge in [-0.15, -0.1) is 0 Å². The van der Waals surface area contributed by atoms with Gasteiger partial charge in [0.15, 0.2) is 5.78 Å². The van der Waals surface area contributed by atoms with E-state index in [0.29, 0.717) is 17.9 Å². The number of carbonyl (C=O) groups excluding carboxylic acids is 1. The van der Waals surface area contributed by atoms with Crippen molar-refractivity contribution in [3.8, 4) is 5.75 Å². The quantitative estimate of drug-likeness (QED) is 0.725. The highest BCUT2D eigenvalue weighted by atomic mass is 16.5. The van der Waals surface area contributed by atoms with E-state index in [1.807, 2.05) is 48.5 Å². The fourth-order valence-corrected chi connectivity index (χ4v) is 2.16. The summed E-state index contributed by atoms with van der Waals surface area (Å²) in [6.07, 6.45) is 2.06. The molecule has 0 aliphatic heterocycles. The molecule has 0 amide bonds. The molecule has 0 fully saturated rings. The number of Topliss-reactive ketones (excluding diaryl/α,β-unsaturated/α-hetero) is 1. The minimum atomic E-state index is 0.0472. The summed E-state index contributed by atoms with van der Waals surface area (Å²) in [7, 11) is 0. The number of rotatable bonds is 6. The van der Waals surface area contributed by atoms with Crippen molar-refractivity contribution >= 4 is 5.78 Å². The van der Waals surface area contributed by atoms with Crippen LogP contribution in [0.1, 0.15) is 41.8 Å². The zero-order valence-electron chi connectivity index (χ0n) is 12.1. The van der Waals surface area contributed by atoms with E-state index >= 15 is 0 Å². The maximum Gasteiger partial charge on any atom is 0.163 e. The number of hydrogen-bond donors (Lipinski definition) is 0. The zero-order chi connectivity index (χ0) is 14.4. The van der Waals surface area contributed by atoms with E-state index in [0.717, 1.165) is 18.4 Å². The Balaban J connectivity index is 2.16. The van der Waals surface area contributed by atoms with Crippen molar-refractivity contribution in [2.75, 3.05) is 0 Å². The zero-order valence-corrected chi connectivity index (χ0v) is 12.1. The van der Waals surface area contributed by atoms with Gasteiger partial charge in [-0.3, -0.25) is 4.79 Å². The molecule has 0 unspecified atom stereocenters. The van der Waals surface area contributed by atoms with E-state index < -0.39 is 0 Å². The van der Waals surface area contributed by atoms with Gasteiger partial charge in [-0.1, -0.05) is 49.7 Å². The van der Waals surface area contributed by atoms with Crippen molar-refractivity contribution < 1.29 is 9.53 Å². The van der Waals surface area contributed by atoms with Crippen LogP contribution in [0.5, 0.6) is 5.75 Å². The summed E-state index contributed by atoms with van der Waals surface area (Å²) in [6, 6.07) is 15.9. The second-order valence-corrected chi connectivity index (χ2v) is 4.91. The topological polar surface area (TPSA) is 26.3 Å². The Kier molecular flexibility index (Phi) is 4.94. The minimum absolute atomic E-state index is 0.0472. The Labute approximate surface area is 120 Å². The molecule has 0 atom stereocenters. The molecular formula is C18H20O2. The van der Waals surface area contributed by atoms with Crippen LogP contribution in [0.2, 0.25) is 0 Å². The predicted molar refractivity (Wildman–Crippen MR) is 81.2 cm³/mol. The number of ether oxygens (including phenoxy) is 1. The van der Waals surface area contributed by atoms with E-state index in [9.17, 15) is 4.79 Å². The molecule has 0 N–H and O–H groups in total. The molecule has 2 heteroatoms. The lowest BCUT2D eigenvalue weighted by molar-refractivity contribution is 0.101. The summed E-state index contributed by atoms with van der Waals surface area (Å²) in [5.41, 5.74) is 2.95.